The van der Waals surface area contributed by atoms with Gasteiger partial charge in [0.05, 0.1) is 5.69 Å². The van der Waals surface area contributed by atoms with E-state index >= 15 is 0 Å². The van der Waals surface area contributed by atoms with Crippen LogP contribution >= 0.6 is 0 Å². The van der Waals surface area contributed by atoms with Gasteiger partial charge >= 0.3 is 0 Å². The van der Waals surface area contributed by atoms with Crippen molar-refractivity contribution in [1.29, 1.82) is 0 Å². The number of fused-ring (bicyclic) bond motifs is 7. The summed E-state index contributed by atoms with van der Waals surface area (Å²) in [6, 6.07) is 35.5. The Morgan fingerprint density at radius 1 is 0.595 bits per heavy atom. The lowest BCUT2D eigenvalue weighted by molar-refractivity contribution is 0.423. The Labute approximate surface area is 246 Å². The highest BCUT2D eigenvalue weighted by Gasteiger charge is 2.40. The molecule has 0 saturated heterocycles. The summed E-state index contributed by atoms with van der Waals surface area (Å²) in [5.74, 6) is 1.94. The molecule has 7 aromatic rings. The zero-order chi connectivity index (χ0) is 28.5. The molecule has 1 aliphatic carbocycles. The van der Waals surface area contributed by atoms with Crippen LogP contribution in [0.4, 0.5) is 0 Å². The van der Waals surface area contributed by atoms with Crippen molar-refractivity contribution in [3.05, 3.63) is 125 Å². The van der Waals surface area contributed by atoms with Gasteiger partial charge in [-0.05, 0) is 75.5 Å². The smallest absolute Gasteiger partial charge is 0.139 e. The second kappa shape index (κ2) is 7.77. The Balaban J connectivity index is 1.35. The number of para-hydroxylation sites is 1. The number of benzene rings is 6. The number of aryl methyl sites for hydroxylation is 1. The Bertz CT molecular complexity index is 2270. The highest BCUT2D eigenvalue weighted by atomic mass is 16.5. The van der Waals surface area contributed by atoms with Crippen LogP contribution in [0.1, 0.15) is 55.6 Å². The molecule has 42 heavy (non-hydrogen) atoms. The molecule has 0 bridgehead atoms. The maximum Gasteiger partial charge on any atom is 0.139 e. The van der Waals surface area contributed by atoms with E-state index in [4.69, 9.17) is 9.72 Å². The molecule has 2 heterocycles. The molecule has 0 atom stereocenters. The monoisotopic (exact) mass is 541 g/mol. The summed E-state index contributed by atoms with van der Waals surface area (Å²) in [6.07, 6.45) is 0. The number of hydrogen-bond donors (Lipinski definition) is 0. The topological polar surface area (TPSA) is 22.1 Å². The summed E-state index contributed by atoms with van der Waals surface area (Å²) >= 11 is 0. The molecular formula is C40H31NO. The molecule has 1 aromatic heterocycles. The minimum Gasteiger partial charge on any atom is -0.456 e. The molecule has 2 nitrogen and oxygen atoms in total. The van der Waals surface area contributed by atoms with Gasteiger partial charge in [-0.15, -0.1) is 0 Å². The molecule has 0 saturated carbocycles. The summed E-state index contributed by atoms with van der Waals surface area (Å²) in [5.41, 5.74) is 10.7. The molecule has 0 amide bonds. The second-order valence-corrected chi connectivity index (χ2v) is 13.2. The first kappa shape index (κ1) is 24.0. The molecule has 6 aromatic carbocycles. The highest BCUT2D eigenvalue weighted by Crippen LogP contribution is 2.56. The van der Waals surface area contributed by atoms with Crippen molar-refractivity contribution in [2.24, 2.45) is 0 Å². The van der Waals surface area contributed by atoms with Crippen molar-refractivity contribution in [1.82, 2.24) is 4.98 Å². The van der Waals surface area contributed by atoms with Crippen molar-refractivity contribution in [3.63, 3.8) is 0 Å². The van der Waals surface area contributed by atoms with Crippen LogP contribution in [0.25, 0.3) is 54.7 Å². The van der Waals surface area contributed by atoms with Gasteiger partial charge in [-0.25, -0.2) is 0 Å². The van der Waals surface area contributed by atoms with Crippen LogP contribution in [-0.2, 0) is 10.8 Å². The largest absolute Gasteiger partial charge is 0.456 e. The van der Waals surface area contributed by atoms with E-state index in [0.717, 1.165) is 22.9 Å². The zero-order valence-corrected chi connectivity index (χ0v) is 24.6. The van der Waals surface area contributed by atoms with E-state index in [1.54, 1.807) is 0 Å². The van der Waals surface area contributed by atoms with Gasteiger partial charge < -0.3 is 4.74 Å². The van der Waals surface area contributed by atoms with Gasteiger partial charge in [-0.1, -0.05) is 94.4 Å². The van der Waals surface area contributed by atoms with Crippen molar-refractivity contribution in [2.75, 3.05) is 0 Å². The van der Waals surface area contributed by atoms with E-state index in [1.165, 1.54) is 71.3 Å². The molecule has 0 radical (unpaired) electrons. The van der Waals surface area contributed by atoms with E-state index < -0.39 is 0 Å². The van der Waals surface area contributed by atoms with Crippen molar-refractivity contribution >= 4 is 32.3 Å². The van der Waals surface area contributed by atoms with Crippen molar-refractivity contribution < 1.29 is 4.74 Å². The van der Waals surface area contributed by atoms with Crippen LogP contribution < -0.4 is 4.74 Å². The van der Waals surface area contributed by atoms with E-state index in [2.05, 4.69) is 132 Å². The molecule has 202 valence electrons. The average Bonchev–Trinajstić information content (AvgIpc) is 3.21. The van der Waals surface area contributed by atoms with Crippen molar-refractivity contribution in [2.45, 2.75) is 45.4 Å². The lowest BCUT2D eigenvalue weighted by Gasteiger charge is -2.35. The Hall–Kier alpha value is -4.69. The lowest BCUT2D eigenvalue weighted by Crippen LogP contribution is -2.24. The fourth-order valence-corrected chi connectivity index (χ4v) is 7.90. The second-order valence-electron chi connectivity index (χ2n) is 13.2. The quantitative estimate of drug-likeness (QED) is 0.193. The predicted molar refractivity (Wildman–Crippen MR) is 174 cm³/mol. The fraction of sp³-hybridized carbons (Fsp3) is 0.175. The minimum atomic E-state index is -0.157. The van der Waals surface area contributed by atoms with Crippen LogP contribution in [0, 0.1) is 6.92 Å². The predicted octanol–water partition coefficient (Wildman–Crippen LogP) is 10.7. The standard InChI is InChI=1S/C40H31NO/c1-22-28(23-11-7-6-8-12-23)21-31-37(41-22)36-26-17-18-27-35-25(16-15-24(34(26)35)19-30(36)40(31,4)5)20-32-38(27)42-33-14-10-9-13-29(33)39(32,2)3/h6-21H,1-5H3. The lowest BCUT2D eigenvalue weighted by atomic mass is 9.74. The van der Waals surface area contributed by atoms with Gasteiger partial charge in [0, 0.05) is 49.6 Å². The van der Waals surface area contributed by atoms with E-state index in [-0.39, 0.29) is 10.8 Å². The molecule has 0 fully saturated rings. The van der Waals surface area contributed by atoms with Crippen LogP contribution in [0.3, 0.4) is 0 Å². The third-order valence-corrected chi connectivity index (χ3v) is 10.2. The first-order chi connectivity index (χ1) is 20.2. The molecule has 0 spiro atoms. The summed E-state index contributed by atoms with van der Waals surface area (Å²) in [7, 11) is 0. The van der Waals surface area contributed by atoms with Gasteiger partial charge in [0.15, 0.2) is 0 Å². The van der Waals surface area contributed by atoms with E-state index in [1.807, 2.05) is 0 Å². The number of rotatable bonds is 1. The van der Waals surface area contributed by atoms with E-state index in [0.29, 0.717) is 0 Å². The Morgan fingerprint density at radius 2 is 1.24 bits per heavy atom. The molecule has 1 aliphatic heterocycles. The van der Waals surface area contributed by atoms with Crippen LogP contribution in [0.5, 0.6) is 11.5 Å². The first-order valence-corrected chi connectivity index (χ1v) is 14.9. The molecular weight excluding hydrogens is 510 g/mol. The van der Waals surface area contributed by atoms with Crippen LogP contribution in [-0.4, -0.2) is 4.98 Å². The Kier molecular flexibility index (Phi) is 4.44. The van der Waals surface area contributed by atoms with Gasteiger partial charge in [0.2, 0.25) is 0 Å². The molecule has 9 rings (SSSR count). The number of aromatic nitrogens is 1. The maximum absolute atomic E-state index is 6.71. The molecule has 2 heteroatoms. The maximum atomic E-state index is 6.71. The summed E-state index contributed by atoms with van der Waals surface area (Å²) in [4.78, 5) is 5.34. The normalized spacial score (nSPS) is 15.8. The summed E-state index contributed by atoms with van der Waals surface area (Å²) in [6.45, 7) is 11.5. The SMILES string of the molecule is Cc1nc2c(cc1-c1ccccc1)C(C)(C)c1cc3ccc4cc5c(c6ccc(c1-2)c3c46)Oc1ccccc1C5(C)C. The average molecular weight is 542 g/mol. The fourth-order valence-electron chi connectivity index (χ4n) is 7.90. The van der Waals surface area contributed by atoms with Gasteiger partial charge in [0.25, 0.3) is 0 Å². The summed E-state index contributed by atoms with van der Waals surface area (Å²) < 4.78 is 6.71. The van der Waals surface area contributed by atoms with Crippen LogP contribution in [0.15, 0.2) is 97.1 Å². The number of pyridine rings is 1. The number of hydrogen-bond acceptors (Lipinski definition) is 2. The molecule has 0 N–H and O–H groups in total. The summed E-state index contributed by atoms with van der Waals surface area (Å²) in [5, 5.41) is 7.59. The van der Waals surface area contributed by atoms with Gasteiger partial charge in [0.1, 0.15) is 11.5 Å². The number of ether oxygens (including phenoxy) is 1. The van der Waals surface area contributed by atoms with Gasteiger partial charge in [-0.3, -0.25) is 4.98 Å². The third kappa shape index (κ3) is 2.87. The molecule has 0 unspecified atom stereocenters. The minimum absolute atomic E-state index is 0.156. The zero-order valence-electron chi connectivity index (χ0n) is 24.6. The molecule has 2 aliphatic rings. The number of nitrogens with zero attached hydrogens (tertiary/aromatic N) is 1. The van der Waals surface area contributed by atoms with Gasteiger partial charge in [-0.2, -0.15) is 0 Å². The van der Waals surface area contributed by atoms with E-state index in [9.17, 15) is 0 Å². The van der Waals surface area contributed by atoms with Crippen molar-refractivity contribution in [3.8, 4) is 33.9 Å². The third-order valence-electron chi connectivity index (χ3n) is 10.2. The Morgan fingerprint density at radius 3 is 2.02 bits per heavy atom. The van der Waals surface area contributed by atoms with Crippen LogP contribution in [0.2, 0.25) is 0 Å². The first-order valence-electron chi connectivity index (χ1n) is 14.9. The highest BCUT2D eigenvalue weighted by molar-refractivity contribution is 6.27.